The van der Waals surface area contributed by atoms with Crippen LogP contribution >= 0.6 is 12.4 Å². The minimum absolute atomic E-state index is 0. The highest BCUT2D eigenvalue weighted by Gasteiger charge is 2.19. The molecule has 0 saturated carbocycles. The zero-order valence-electron chi connectivity index (χ0n) is 8.05. The molecule has 0 aliphatic carbocycles. The Bertz CT molecular complexity index is 280. The Morgan fingerprint density at radius 3 is 2.53 bits per heavy atom. The van der Waals surface area contributed by atoms with Crippen LogP contribution in [0.3, 0.4) is 0 Å². The van der Waals surface area contributed by atoms with Crippen molar-refractivity contribution in [2.75, 3.05) is 19.6 Å². The van der Waals surface area contributed by atoms with Crippen molar-refractivity contribution in [3.8, 4) is 0 Å². The summed E-state index contributed by atoms with van der Waals surface area (Å²) in [6, 6.07) is 0. The number of carboxylic acids is 2. The normalized spacial score (nSPS) is 14.4. The van der Waals surface area contributed by atoms with E-state index in [4.69, 9.17) is 10.2 Å². The second-order valence-electron chi connectivity index (χ2n) is 3.00. The van der Waals surface area contributed by atoms with Crippen molar-refractivity contribution in [1.29, 1.82) is 0 Å². The summed E-state index contributed by atoms with van der Waals surface area (Å²) in [5.41, 5.74) is 0. The quantitative estimate of drug-likeness (QED) is 0.705. The lowest BCUT2D eigenvalue weighted by Gasteiger charge is -2.17. The molecule has 0 bridgehead atoms. The molecular weight excluding hydrogens is 224 g/mol. The maximum atomic E-state index is 10.4. The van der Waals surface area contributed by atoms with Gasteiger partial charge in [0.15, 0.2) is 0 Å². The van der Waals surface area contributed by atoms with E-state index in [1.165, 1.54) is 0 Å². The van der Waals surface area contributed by atoms with Crippen LogP contribution in [0.1, 0.15) is 12.8 Å². The van der Waals surface area contributed by atoms with E-state index in [-0.39, 0.29) is 25.2 Å². The Labute approximate surface area is 93.0 Å². The van der Waals surface area contributed by atoms with Crippen LogP contribution in [0.5, 0.6) is 0 Å². The van der Waals surface area contributed by atoms with Crippen molar-refractivity contribution in [3.63, 3.8) is 0 Å². The third kappa shape index (κ3) is 4.64. The van der Waals surface area contributed by atoms with E-state index >= 15 is 0 Å². The van der Waals surface area contributed by atoms with E-state index in [1.54, 1.807) is 4.90 Å². The number of rotatable bonds is 5. The van der Waals surface area contributed by atoms with Gasteiger partial charge in [-0.3, -0.25) is 14.6 Å². The summed E-state index contributed by atoms with van der Waals surface area (Å²) in [4.78, 5) is 26.4. The molecule has 6 nitrogen and oxygen atoms in total. The second-order valence-corrected chi connectivity index (χ2v) is 3.00. The highest BCUT2D eigenvalue weighted by Crippen LogP contribution is 2.05. The van der Waals surface area contributed by atoms with Gasteiger partial charge in [0.05, 0.1) is 13.0 Å². The summed E-state index contributed by atoms with van der Waals surface area (Å²) in [6.07, 6.45) is -0.113. The van der Waals surface area contributed by atoms with Crippen molar-refractivity contribution >= 4 is 30.2 Å². The third-order valence-electron chi connectivity index (χ3n) is 1.93. The van der Waals surface area contributed by atoms with Gasteiger partial charge < -0.3 is 15.1 Å². The van der Waals surface area contributed by atoms with Crippen molar-refractivity contribution in [3.05, 3.63) is 0 Å². The van der Waals surface area contributed by atoms with Gasteiger partial charge in [0.2, 0.25) is 0 Å². The maximum Gasteiger partial charge on any atom is 0.310 e. The Hall–Kier alpha value is -1.30. The maximum absolute atomic E-state index is 10.4. The van der Waals surface area contributed by atoms with E-state index in [2.05, 4.69) is 4.99 Å². The topological polar surface area (TPSA) is 90.2 Å². The predicted octanol–water partition coefficient (Wildman–Crippen LogP) is 0.0717. The molecule has 0 aromatic rings. The van der Waals surface area contributed by atoms with Gasteiger partial charge >= 0.3 is 11.9 Å². The lowest BCUT2D eigenvalue weighted by molar-refractivity contribution is -0.137. The Morgan fingerprint density at radius 1 is 1.33 bits per heavy atom. The summed E-state index contributed by atoms with van der Waals surface area (Å²) in [5.74, 6) is -1.34. The largest absolute Gasteiger partial charge is 0.481 e. The average Bonchev–Trinajstić information content (AvgIpc) is 2.47. The Balaban J connectivity index is 0.00000196. The number of carbonyl (C=O) groups is 2. The fraction of sp³-hybridized carbons (Fsp3) is 0.625. The Morgan fingerprint density at radius 2 is 2.00 bits per heavy atom. The molecule has 1 aliphatic heterocycles. The number of halogens is 1. The molecule has 7 heteroatoms. The van der Waals surface area contributed by atoms with Crippen molar-refractivity contribution in [2.24, 2.45) is 4.99 Å². The second kappa shape index (κ2) is 6.23. The van der Waals surface area contributed by atoms with Crippen LogP contribution in [-0.4, -0.2) is 52.5 Å². The summed E-state index contributed by atoms with van der Waals surface area (Å²) in [5, 5.41) is 17.0. The zero-order valence-corrected chi connectivity index (χ0v) is 8.87. The first-order chi connectivity index (χ1) is 6.59. The van der Waals surface area contributed by atoms with Gasteiger partial charge in [0, 0.05) is 13.1 Å². The number of aliphatic imine (C=N–C) groups is 1. The van der Waals surface area contributed by atoms with Gasteiger partial charge in [-0.2, -0.15) is 0 Å². The predicted molar refractivity (Wildman–Crippen MR) is 55.6 cm³/mol. The molecule has 1 heterocycles. The number of hydrogen-bond acceptors (Lipinski definition) is 4. The van der Waals surface area contributed by atoms with E-state index in [9.17, 15) is 9.59 Å². The van der Waals surface area contributed by atoms with Crippen molar-refractivity contribution < 1.29 is 19.8 Å². The fourth-order valence-corrected chi connectivity index (χ4v) is 1.30. The van der Waals surface area contributed by atoms with Gasteiger partial charge in [-0.05, 0) is 0 Å². The number of nitrogens with zero attached hydrogens (tertiary/aromatic N) is 2. The van der Waals surface area contributed by atoms with Gasteiger partial charge in [-0.1, -0.05) is 0 Å². The van der Waals surface area contributed by atoms with Crippen LogP contribution in [0.2, 0.25) is 0 Å². The van der Waals surface area contributed by atoms with Gasteiger partial charge in [-0.25, -0.2) is 0 Å². The molecule has 0 aromatic heterocycles. The van der Waals surface area contributed by atoms with Crippen LogP contribution in [-0.2, 0) is 9.59 Å². The number of aliphatic carboxylic acids is 2. The van der Waals surface area contributed by atoms with Crippen LogP contribution < -0.4 is 0 Å². The van der Waals surface area contributed by atoms with E-state index in [1.807, 2.05) is 0 Å². The van der Waals surface area contributed by atoms with Crippen LogP contribution in [0.25, 0.3) is 0 Å². The molecule has 0 aromatic carbocycles. The number of hydrogen-bond donors (Lipinski definition) is 2. The van der Waals surface area contributed by atoms with E-state index < -0.39 is 11.9 Å². The summed E-state index contributed by atoms with van der Waals surface area (Å²) >= 11 is 0. The summed E-state index contributed by atoms with van der Waals surface area (Å²) in [7, 11) is 0. The fourth-order valence-electron chi connectivity index (χ4n) is 1.30. The lowest BCUT2D eigenvalue weighted by atomic mass is 10.3. The first kappa shape index (κ1) is 13.7. The minimum Gasteiger partial charge on any atom is -0.481 e. The first-order valence-corrected chi connectivity index (χ1v) is 4.31. The summed E-state index contributed by atoms with van der Waals surface area (Å²) in [6.45, 7) is 1.51. The van der Waals surface area contributed by atoms with E-state index in [0.29, 0.717) is 25.5 Å². The molecule has 0 saturated heterocycles. The Kier molecular flexibility index (Phi) is 5.69. The number of carboxylic acid groups (broad SMARTS) is 2. The minimum atomic E-state index is -0.939. The molecule has 86 valence electrons. The SMILES string of the molecule is Cl.O=C(O)CCN1CCN=C1CC(=O)O. The molecule has 0 spiro atoms. The zero-order chi connectivity index (χ0) is 10.6. The standard InChI is InChI=1S/C8H12N2O4.ClH/c11-7(12)1-3-10-4-2-9-6(10)5-8(13)14;/h1-5H2,(H,11,12)(H,13,14);1H. The van der Waals surface area contributed by atoms with Crippen LogP contribution in [0, 0.1) is 0 Å². The molecular formula is C8H13ClN2O4. The summed E-state index contributed by atoms with van der Waals surface area (Å²) < 4.78 is 0. The average molecular weight is 237 g/mol. The van der Waals surface area contributed by atoms with Gasteiger partial charge in [-0.15, -0.1) is 12.4 Å². The molecule has 0 unspecified atom stereocenters. The van der Waals surface area contributed by atoms with Crippen LogP contribution in [0.15, 0.2) is 4.99 Å². The first-order valence-electron chi connectivity index (χ1n) is 4.31. The molecule has 15 heavy (non-hydrogen) atoms. The molecule has 1 aliphatic rings. The highest BCUT2D eigenvalue weighted by atomic mass is 35.5. The van der Waals surface area contributed by atoms with Gasteiger partial charge in [0.25, 0.3) is 0 Å². The monoisotopic (exact) mass is 236 g/mol. The molecule has 1 rings (SSSR count). The van der Waals surface area contributed by atoms with E-state index in [0.717, 1.165) is 0 Å². The molecule has 0 amide bonds. The molecule has 0 fully saturated rings. The smallest absolute Gasteiger partial charge is 0.310 e. The highest BCUT2D eigenvalue weighted by molar-refractivity contribution is 5.97. The van der Waals surface area contributed by atoms with Crippen LogP contribution in [0.4, 0.5) is 0 Å². The molecule has 2 N–H and O–H groups in total. The number of amidine groups is 1. The molecule has 0 atom stereocenters. The lowest BCUT2D eigenvalue weighted by Crippen LogP contribution is -2.31. The van der Waals surface area contributed by atoms with Crippen molar-refractivity contribution in [2.45, 2.75) is 12.8 Å². The molecule has 0 radical (unpaired) electrons. The third-order valence-corrected chi connectivity index (χ3v) is 1.93. The van der Waals surface area contributed by atoms with Crippen molar-refractivity contribution in [1.82, 2.24) is 4.90 Å². The van der Waals surface area contributed by atoms with Gasteiger partial charge in [0.1, 0.15) is 12.3 Å².